The van der Waals surface area contributed by atoms with E-state index in [0.717, 1.165) is 66.5 Å². The summed E-state index contributed by atoms with van der Waals surface area (Å²) < 4.78 is 0. The van der Waals surface area contributed by atoms with Crippen LogP contribution in [0.3, 0.4) is 0 Å². The normalized spacial score (nSPS) is 25.2. The van der Waals surface area contributed by atoms with Crippen LogP contribution in [0.1, 0.15) is 47.4 Å². The third-order valence-corrected chi connectivity index (χ3v) is 7.76. The van der Waals surface area contributed by atoms with Crippen molar-refractivity contribution in [3.05, 3.63) is 87.7 Å². The fourth-order valence-corrected chi connectivity index (χ4v) is 5.51. The minimum absolute atomic E-state index is 0.150. The van der Waals surface area contributed by atoms with Gasteiger partial charge in [0.15, 0.2) is 5.43 Å². The first-order valence-corrected chi connectivity index (χ1v) is 11.6. The molecule has 5 heteroatoms. The second-order valence-electron chi connectivity index (χ2n) is 9.72. The molecule has 6 rings (SSSR count). The van der Waals surface area contributed by atoms with Crippen LogP contribution < -0.4 is 10.7 Å². The molecule has 32 heavy (non-hydrogen) atoms. The number of benzene rings is 2. The Hall–Kier alpha value is -2.89. The second kappa shape index (κ2) is 7.32. The zero-order valence-electron chi connectivity index (χ0n) is 18.2. The second-order valence-corrected chi connectivity index (χ2v) is 9.72. The molecule has 1 aromatic heterocycles. The lowest BCUT2D eigenvalue weighted by Gasteiger charge is -2.49. The highest BCUT2D eigenvalue weighted by atomic mass is 16.3. The van der Waals surface area contributed by atoms with Gasteiger partial charge < -0.3 is 20.3 Å². The molecule has 1 saturated carbocycles. The number of aromatic amines is 1. The van der Waals surface area contributed by atoms with Gasteiger partial charge in [-0.1, -0.05) is 36.9 Å². The Morgan fingerprint density at radius 2 is 1.97 bits per heavy atom. The zero-order chi connectivity index (χ0) is 21.9. The number of H-pyrrole nitrogens is 1. The van der Waals surface area contributed by atoms with Crippen molar-refractivity contribution >= 4 is 16.6 Å². The van der Waals surface area contributed by atoms with E-state index in [1.54, 1.807) is 0 Å². The number of hydrogen-bond donors (Lipinski definition) is 3. The highest BCUT2D eigenvalue weighted by molar-refractivity contribution is 5.83. The maximum atomic E-state index is 12.8. The topological polar surface area (TPSA) is 68.4 Å². The van der Waals surface area contributed by atoms with Crippen LogP contribution in [-0.2, 0) is 13.0 Å². The van der Waals surface area contributed by atoms with E-state index in [1.165, 1.54) is 11.1 Å². The van der Waals surface area contributed by atoms with Crippen molar-refractivity contribution in [2.24, 2.45) is 0 Å². The first-order chi connectivity index (χ1) is 15.5. The highest BCUT2D eigenvalue weighted by Gasteiger charge is 2.44. The number of nitrogens with one attached hydrogen (secondary N) is 2. The summed E-state index contributed by atoms with van der Waals surface area (Å²) >= 11 is 0. The summed E-state index contributed by atoms with van der Waals surface area (Å²) in [6, 6.07) is 14.4. The summed E-state index contributed by atoms with van der Waals surface area (Å²) in [5, 5.41) is 15.6. The van der Waals surface area contributed by atoms with Crippen molar-refractivity contribution in [2.75, 3.05) is 13.1 Å². The average Bonchev–Trinajstić information content (AvgIpc) is 3.66. The van der Waals surface area contributed by atoms with E-state index in [-0.39, 0.29) is 11.0 Å². The number of aliphatic hydroxyl groups is 1. The summed E-state index contributed by atoms with van der Waals surface area (Å²) in [4.78, 5) is 18.3. The van der Waals surface area contributed by atoms with Crippen molar-refractivity contribution in [3.8, 4) is 0 Å². The van der Waals surface area contributed by atoms with E-state index < -0.39 is 6.10 Å². The maximum absolute atomic E-state index is 12.8. The predicted molar refractivity (Wildman–Crippen MR) is 127 cm³/mol. The Balaban J connectivity index is 1.22. The quantitative estimate of drug-likeness (QED) is 0.598. The molecule has 2 fully saturated rings. The molecule has 3 aliphatic rings. The van der Waals surface area contributed by atoms with E-state index in [2.05, 4.69) is 46.0 Å². The number of likely N-dealkylation sites (tertiary alicyclic amines) is 1. The molecule has 0 bridgehead atoms. The number of rotatable bonds is 3. The van der Waals surface area contributed by atoms with Crippen LogP contribution in [-0.4, -0.2) is 39.7 Å². The first-order valence-electron chi connectivity index (χ1n) is 11.6. The molecular formula is C27H29N3O2. The highest BCUT2D eigenvalue weighted by Crippen LogP contribution is 2.39. The van der Waals surface area contributed by atoms with Crippen LogP contribution in [0.4, 0.5) is 0 Å². The third kappa shape index (κ3) is 3.19. The Labute approximate surface area is 187 Å². The number of β-amino-alcohol motifs (C(OH)–C–C–N with tert-alkyl or cyclic N) is 1. The molecule has 0 unspecified atom stereocenters. The average molecular weight is 428 g/mol. The van der Waals surface area contributed by atoms with Gasteiger partial charge in [0, 0.05) is 48.0 Å². The SMILES string of the molecule is C=C(c1ccc2c(=O)c(C3CC3)c[nH]c2c1)N1CC[C@]2(Cc3ccccc3CN2)[C@H](O)C1. The lowest BCUT2D eigenvalue weighted by molar-refractivity contribution is -0.00177. The van der Waals surface area contributed by atoms with Crippen molar-refractivity contribution < 1.29 is 5.11 Å². The van der Waals surface area contributed by atoms with Gasteiger partial charge in [-0.3, -0.25) is 4.79 Å². The molecule has 164 valence electrons. The van der Waals surface area contributed by atoms with E-state index in [9.17, 15) is 9.90 Å². The van der Waals surface area contributed by atoms with E-state index in [0.29, 0.717) is 12.5 Å². The number of aliphatic hydroxyl groups excluding tert-OH is 1. The van der Waals surface area contributed by atoms with Crippen molar-refractivity contribution in [1.82, 2.24) is 15.2 Å². The van der Waals surface area contributed by atoms with E-state index >= 15 is 0 Å². The molecule has 3 aromatic rings. The van der Waals surface area contributed by atoms with Gasteiger partial charge in [-0.25, -0.2) is 0 Å². The smallest absolute Gasteiger partial charge is 0.192 e. The fraction of sp³-hybridized carbons (Fsp3) is 0.370. The largest absolute Gasteiger partial charge is 0.389 e. The molecular weight excluding hydrogens is 398 g/mol. The van der Waals surface area contributed by atoms with Crippen molar-refractivity contribution in [3.63, 3.8) is 0 Å². The Morgan fingerprint density at radius 3 is 2.75 bits per heavy atom. The fourth-order valence-electron chi connectivity index (χ4n) is 5.51. The predicted octanol–water partition coefficient (Wildman–Crippen LogP) is 3.53. The lowest BCUT2D eigenvalue weighted by atomic mass is 9.76. The first kappa shape index (κ1) is 19.8. The molecule has 0 amide bonds. The Bertz CT molecular complexity index is 1280. The van der Waals surface area contributed by atoms with Crippen LogP contribution >= 0.6 is 0 Å². The number of piperidine rings is 1. The molecule has 5 nitrogen and oxygen atoms in total. The Kier molecular flexibility index (Phi) is 4.52. The van der Waals surface area contributed by atoms with Crippen molar-refractivity contribution in [2.45, 2.75) is 49.8 Å². The number of nitrogens with zero attached hydrogens (tertiary/aromatic N) is 1. The van der Waals surface area contributed by atoms with Crippen LogP contribution in [0.25, 0.3) is 16.6 Å². The minimum Gasteiger partial charge on any atom is -0.389 e. The molecule has 0 radical (unpaired) electrons. The van der Waals surface area contributed by atoms with Gasteiger partial charge in [-0.05, 0) is 60.4 Å². The molecule has 2 atom stereocenters. The van der Waals surface area contributed by atoms with Gasteiger partial charge in [0.1, 0.15) is 0 Å². The maximum Gasteiger partial charge on any atom is 0.192 e. The van der Waals surface area contributed by atoms with Gasteiger partial charge in [0.2, 0.25) is 0 Å². The van der Waals surface area contributed by atoms with Gasteiger partial charge >= 0.3 is 0 Å². The molecule has 1 aliphatic carbocycles. The summed E-state index contributed by atoms with van der Waals surface area (Å²) in [6.45, 7) is 6.52. The van der Waals surface area contributed by atoms with Crippen LogP contribution in [0.2, 0.25) is 0 Å². The summed E-state index contributed by atoms with van der Waals surface area (Å²) in [5.41, 5.74) is 6.17. The molecule has 1 spiro atoms. The van der Waals surface area contributed by atoms with Crippen molar-refractivity contribution in [1.29, 1.82) is 0 Å². The van der Waals surface area contributed by atoms with Crippen LogP contribution in [0.5, 0.6) is 0 Å². The summed E-state index contributed by atoms with van der Waals surface area (Å²) in [6.07, 6.45) is 5.34. The van der Waals surface area contributed by atoms with Crippen LogP contribution in [0.15, 0.2) is 60.0 Å². The minimum atomic E-state index is -0.484. The van der Waals surface area contributed by atoms with Gasteiger partial charge in [0.05, 0.1) is 11.6 Å². The lowest BCUT2D eigenvalue weighted by Crippen LogP contribution is -2.64. The number of aromatic nitrogens is 1. The summed E-state index contributed by atoms with van der Waals surface area (Å²) in [7, 11) is 0. The van der Waals surface area contributed by atoms with Crippen LogP contribution in [0, 0.1) is 0 Å². The standard InChI is InChI=1S/C27H29N3O2/c1-17(19-8-9-22-24(12-19)28-15-23(26(22)32)18-6-7-18)30-11-10-27(25(31)16-30)13-20-4-2-3-5-21(20)14-29-27/h2-5,8-9,12,15,18,25,29,31H,1,6-7,10-11,13-14,16H2,(H,28,32)/t25-,27+/m1/s1. The molecule has 3 N–H and O–H groups in total. The Morgan fingerprint density at radius 1 is 1.16 bits per heavy atom. The molecule has 2 aromatic carbocycles. The molecule has 1 saturated heterocycles. The number of hydrogen-bond acceptors (Lipinski definition) is 4. The zero-order valence-corrected chi connectivity index (χ0v) is 18.2. The van der Waals surface area contributed by atoms with E-state index in [4.69, 9.17) is 0 Å². The van der Waals surface area contributed by atoms with Gasteiger partial charge in [-0.2, -0.15) is 0 Å². The number of pyridine rings is 1. The molecule has 3 heterocycles. The molecule has 2 aliphatic heterocycles. The van der Waals surface area contributed by atoms with E-state index in [1.807, 2.05) is 24.4 Å². The van der Waals surface area contributed by atoms with Gasteiger partial charge in [-0.15, -0.1) is 0 Å². The third-order valence-electron chi connectivity index (χ3n) is 7.76. The van der Waals surface area contributed by atoms with Gasteiger partial charge in [0.25, 0.3) is 0 Å². The summed E-state index contributed by atoms with van der Waals surface area (Å²) in [5.74, 6) is 0.431. The number of fused-ring (bicyclic) bond motifs is 2. The monoisotopic (exact) mass is 427 g/mol.